The fourth-order valence-electron chi connectivity index (χ4n) is 3.31. The maximum absolute atomic E-state index is 12.3. The highest BCUT2D eigenvalue weighted by molar-refractivity contribution is 5.78. The lowest BCUT2D eigenvalue weighted by Gasteiger charge is -2.39. The van der Waals surface area contributed by atoms with E-state index >= 15 is 0 Å². The number of hydrogen-bond acceptors (Lipinski definition) is 9. The van der Waals surface area contributed by atoms with Gasteiger partial charge in [-0.05, 0) is 30.3 Å². The van der Waals surface area contributed by atoms with Crippen molar-refractivity contribution in [3.8, 4) is 22.8 Å². The Morgan fingerprint density at radius 3 is 2.47 bits per heavy atom. The Kier molecular flexibility index (Phi) is 5.46. The van der Waals surface area contributed by atoms with Gasteiger partial charge in [0.25, 0.3) is 0 Å². The summed E-state index contributed by atoms with van der Waals surface area (Å²) in [4.78, 5) is 12.3. The summed E-state index contributed by atoms with van der Waals surface area (Å²) >= 11 is 0. The maximum Gasteiger partial charge on any atom is 0.229 e. The first-order valence-electron chi connectivity index (χ1n) is 9.22. The van der Waals surface area contributed by atoms with Gasteiger partial charge in [-0.2, -0.15) is 0 Å². The molecule has 0 aliphatic carbocycles. The minimum Gasteiger partial charge on any atom is -0.504 e. The van der Waals surface area contributed by atoms with Crippen LogP contribution >= 0.6 is 0 Å². The zero-order valence-electron chi connectivity index (χ0n) is 15.6. The molecule has 0 saturated carbocycles. The van der Waals surface area contributed by atoms with E-state index in [1.807, 2.05) is 0 Å². The molecule has 0 amide bonds. The molecule has 1 aromatic heterocycles. The monoisotopic (exact) mass is 416 g/mol. The van der Waals surface area contributed by atoms with E-state index in [0.29, 0.717) is 16.5 Å². The van der Waals surface area contributed by atoms with Gasteiger partial charge in [-0.1, -0.05) is 12.1 Å². The normalized spacial score (nSPS) is 26.6. The molecule has 0 radical (unpaired) electrons. The predicted octanol–water partition coefficient (Wildman–Crippen LogP) is 0.344. The van der Waals surface area contributed by atoms with Crippen molar-refractivity contribution in [3.63, 3.8) is 0 Å². The van der Waals surface area contributed by atoms with Crippen molar-refractivity contribution in [1.29, 1.82) is 0 Å². The van der Waals surface area contributed by atoms with Crippen LogP contribution in [0.3, 0.4) is 0 Å². The molecule has 30 heavy (non-hydrogen) atoms. The van der Waals surface area contributed by atoms with Crippen LogP contribution in [0.1, 0.15) is 0 Å². The van der Waals surface area contributed by atoms with Crippen LogP contribution in [0.25, 0.3) is 22.3 Å². The van der Waals surface area contributed by atoms with Crippen LogP contribution in [0, 0.1) is 0 Å². The molecule has 2 unspecified atom stereocenters. The molecule has 1 aliphatic rings. The fourth-order valence-corrected chi connectivity index (χ4v) is 3.31. The Bertz CT molecular complexity index is 1110. The van der Waals surface area contributed by atoms with E-state index in [9.17, 15) is 30.3 Å². The summed E-state index contributed by atoms with van der Waals surface area (Å²) in [5, 5.41) is 49.8. The Morgan fingerprint density at radius 2 is 1.73 bits per heavy atom. The van der Waals surface area contributed by atoms with Gasteiger partial charge in [0.1, 0.15) is 35.8 Å². The molecule has 1 saturated heterocycles. The third-order valence-corrected chi connectivity index (χ3v) is 4.97. The largest absolute Gasteiger partial charge is 0.504 e. The Morgan fingerprint density at radius 1 is 0.967 bits per heavy atom. The lowest BCUT2D eigenvalue weighted by molar-refractivity contribution is -0.277. The van der Waals surface area contributed by atoms with Crippen molar-refractivity contribution < 1.29 is 39.4 Å². The van der Waals surface area contributed by atoms with Crippen LogP contribution in [0.4, 0.5) is 0 Å². The molecular weight excluding hydrogens is 396 g/mol. The minimum atomic E-state index is -1.61. The lowest BCUT2D eigenvalue weighted by atomic mass is 9.99. The maximum atomic E-state index is 12.3. The van der Waals surface area contributed by atoms with Crippen molar-refractivity contribution in [3.05, 3.63) is 58.8 Å². The van der Waals surface area contributed by atoms with Crippen LogP contribution in [-0.4, -0.2) is 62.8 Å². The van der Waals surface area contributed by atoms with Crippen LogP contribution in [0.2, 0.25) is 0 Å². The number of aromatic hydroxyl groups is 1. The van der Waals surface area contributed by atoms with E-state index in [-0.39, 0.29) is 22.7 Å². The van der Waals surface area contributed by atoms with Crippen LogP contribution < -0.4 is 10.2 Å². The second kappa shape index (κ2) is 8.05. The number of para-hydroxylation sites is 1. The number of fused-ring (bicyclic) bond motifs is 1. The molecule has 0 bridgehead atoms. The topological polar surface area (TPSA) is 150 Å². The zero-order valence-corrected chi connectivity index (χ0v) is 15.6. The highest BCUT2D eigenvalue weighted by atomic mass is 16.7. The number of phenolic OH excluding ortho intramolecular Hbond substituents is 1. The quantitative estimate of drug-likeness (QED) is 0.406. The number of rotatable bonds is 4. The van der Waals surface area contributed by atoms with Crippen molar-refractivity contribution >= 4 is 11.0 Å². The van der Waals surface area contributed by atoms with Gasteiger partial charge >= 0.3 is 0 Å². The van der Waals surface area contributed by atoms with Gasteiger partial charge < -0.3 is 39.4 Å². The Balaban J connectivity index is 1.60. The van der Waals surface area contributed by atoms with Gasteiger partial charge in [0.05, 0.1) is 12.0 Å². The molecule has 158 valence electrons. The van der Waals surface area contributed by atoms with Gasteiger partial charge in [-0.3, -0.25) is 4.79 Å². The van der Waals surface area contributed by atoms with Crippen molar-refractivity contribution in [2.45, 2.75) is 30.7 Å². The van der Waals surface area contributed by atoms with E-state index in [0.717, 1.165) is 0 Å². The van der Waals surface area contributed by atoms with E-state index in [2.05, 4.69) is 0 Å². The van der Waals surface area contributed by atoms with E-state index in [1.165, 1.54) is 24.3 Å². The number of phenols is 1. The SMILES string of the molecule is O=c1cc(-c2ccc(O[C@@H]3OC(CO)[C@@H](O)C(O)[C@@H]3O)c(O)c2)oc2ccccc12. The molecule has 2 aromatic carbocycles. The smallest absolute Gasteiger partial charge is 0.229 e. The summed E-state index contributed by atoms with van der Waals surface area (Å²) in [6.07, 6.45) is -7.30. The second-order valence-electron chi connectivity index (χ2n) is 6.97. The number of benzene rings is 2. The van der Waals surface area contributed by atoms with E-state index in [1.54, 1.807) is 24.3 Å². The summed E-state index contributed by atoms with van der Waals surface area (Å²) in [5.74, 6) is -0.167. The summed E-state index contributed by atoms with van der Waals surface area (Å²) in [5.41, 5.74) is 0.589. The van der Waals surface area contributed by atoms with Crippen LogP contribution in [0.15, 0.2) is 57.7 Å². The average molecular weight is 416 g/mol. The first-order chi connectivity index (χ1) is 14.4. The number of aliphatic hydroxyl groups is 4. The van der Waals surface area contributed by atoms with E-state index < -0.39 is 37.3 Å². The molecule has 4 rings (SSSR count). The molecule has 9 nitrogen and oxygen atoms in total. The first-order valence-corrected chi connectivity index (χ1v) is 9.22. The molecule has 5 atom stereocenters. The van der Waals surface area contributed by atoms with Crippen LogP contribution in [0.5, 0.6) is 11.5 Å². The first kappa shape index (κ1) is 20.3. The Labute approximate surface area is 170 Å². The number of ether oxygens (including phenoxy) is 2. The number of hydrogen-bond donors (Lipinski definition) is 5. The third-order valence-electron chi connectivity index (χ3n) is 4.97. The van der Waals surface area contributed by atoms with E-state index in [4.69, 9.17) is 13.9 Å². The standard InChI is InChI=1S/C21H20O9/c22-9-17-18(25)19(26)20(27)21(30-17)29-15-6-5-10(7-13(15)24)16-8-12(23)11-3-1-2-4-14(11)28-16/h1-8,17-22,24-27H,9H2/t17?,18-,19?,20+,21-/m1/s1. The molecule has 0 spiro atoms. The second-order valence-corrected chi connectivity index (χ2v) is 6.97. The van der Waals surface area contributed by atoms with Gasteiger partial charge in [0.15, 0.2) is 16.9 Å². The van der Waals surface area contributed by atoms with Gasteiger partial charge in [0.2, 0.25) is 6.29 Å². The molecule has 1 fully saturated rings. The summed E-state index contributed by atoms with van der Waals surface area (Å²) in [6, 6.07) is 12.3. The molecule has 3 aromatic rings. The highest BCUT2D eigenvalue weighted by Crippen LogP contribution is 2.34. The third kappa shape index (κ3) is 3.64. The minimum absolute atomic E-state index is 0.0776. The van der Waals surface area contributed by atoms with Crippen molar-refractivity contribution in [2.75, 3.05) is 6.61 Å². The predicted molar refractivity (Wildman–Crippen MR) is 104 cm³/mol. The van der Waals surface area contributed by atoms with Crippen molar-refractivity contribution in [1.82, 2.24) is 0 Å². The molecule has 2 heterocycles. The summed E-state index contributed by atoms with van der Waals surface area (Å²) in [7, 11) is 0. The zero-order chi connectivity index (χ0) is 21.4. The lowest BCUT2D eigenvalue weighted by Crippen LogP contribution is -2.60. The molecule has 5 N–H and O–H groups in total. The average Bonchev–Trinajstić information content (AvgIpc) is 2.75. The molecule has 9 heteroatoms. The number of aliphatic hydroxyl groups excluding tert-OH is 4. The van der Waals surface area contributed by atoms with Gasteiger partial charge in [-0.15, -0.1) is 0 Å². The van der Waals surface area contributed by atoms with Crippen LogP contribution in [-0.2, 0) is 4.74 Å². The van der Waals surface area contributed by atoms with Crippen molar-refractivity contribution in [2.24, 2.45) is 0 Å². The summed E-state index contributed by atoms with van der Waals surface area (Å²) in [6.45, 7) is -0.600. The fraction of sp³-hybridized carbons (Fsp3) is 0.286. The van der Waals surface area contributed by atoms with Gasteiger partial charge in [-0.25, -0.2) is 0 Å². The van der Waals surface area contributed by atoms with Gasteiger partial charge in [0, 0.05) is 11.6 Å². The highest BCUT2D eigenvalue weighted by Gasteiger charge is 2.44. The molecular formula is C21H20O9. The Hall–Kier alpha value is -2.95. The summed E-state index contributed by atoms with van der Waals surface area (Å²) < 4.78 is 16.4. The molecule has 1 aliphatic heterocycles.